The summed E-state index contributed by atoms with van der Waals surface area (Å²) in [7, 11) is 0. The van der Waals surface area contributed by atoms with Crippen LogP contribution in [-0.2, 0) is 28.7 Å². The number of carbonyl (C=O) groups excluding carboxylic acids is 2. The molecule has 0 bridgehead atoms. The first-order chi connectivity index (χ1) is 15.8. The van der Waals surface area contributed by atoms with Crippen LogP contribution in [0.3, 0.4) is 0 Å². The molecule has 0 amide bonds. The molecule has 7 atom stereocenters. The topological polar surface area (TPSA) is 191 Å². The zero-order chi connectivity index (χ0) is 25.8. The van der Waals surface area contributed by atoms with Crippen molar-refractivity contribution in [3.8, 4) is 0 Å². The maximum atomic E-state index is 12.6. The van der Waals surface area contributed by atoms with Crippen molar-refractivity contribution in [3.05, 3.63) is 11.6 Å². The smallest absolute Gasteiger partial charge is 0.338 e. The molecule has 3 fully saturated rings. The quantitative estimate of drug-likeness (QED) is 0.245. The molecule has 34 heavy (non-hydrogen) atoms. The van der Waals surface area contributed by atoms with Gasteiger partial charge in [0.05, 0.1) is 12.6 Å². The van der Waals surface area contributed by atoms with Crippen molar-refractivity contribution in [2.24, 2.45) is 11.8 Å². The lowest BCUT2D eigenvalue weighted by Gasteiger charge is -2.32. The van der Waals surface area contributed by atoms with E-state index < -0.39 is 41.6 Å². The number of allylic oxidation sites excluding steroid dienone is 1. The van der Waals surface area contributed by atoms with Gasteiger partial charge in [-0.05, 0) is 45.6 Å². The number of cyclic esters (lactones) is 1. The molecule has 12 nitrogen and oxygen atoms in total. The van der Waals surface area contributed by atoms with Gasteiger partial charge in [-0.15, -0.1) is 0 Å². The number of carboxylic acid groups (broad SMARTS) is 2. The van der Waals surface area contributed by atoms with Gasteiger partial charge in [-0.3, -0.25) is 4.90 Å². The summed E-state index contributed by atoms with van der Waals surface area (Å²) in [4.78, 5) is 46.8. The first-order valence-corrected chi connectivity index (χ1v) is 11.1. The van der Waals surface area contributed by atoms with Crippen molar-refractivity contribution in [2.75, 3.05) is 19.7 Å². The van der Waals surface area contributed by atoms with Crippen LogP contribution in [0.2, 0.25) is 0 Å². The minimum Gasteiger partial charge on any atom is -0.479 e. The van der Waals surface area contributed by atoms with E-state index in [1.807, 2.05) is 0 Å². The van der Waals surface area contributed by atoms with Crippen LogP contribution >= 0.6 is 0 Å². The number of carboxylic acids is 2. The Balaban J connectivity index is 0.000000347. The van der Waals surface area contributed by atoms with Crippen molar-refractivity contribution >= 4 is 23.9 Å². The summed E-state index contributed by atoms with van der Waals surface area (Å²) < 4.78 is 11.3. The lowest BCUT2D eigenvalue weighted by Crippen LogP contribution is -2.46. The highest BCUT2D eigenvalue weighted by molar-refractivity contribution is 5.89. The molecular formula is C22H33NO11. The third-order valence-electron chi connectivity index (χ3n) is 6.78. The van der Waals surface area contributed by atoms with Crippen molar-refractivity contribution in [1.29, 1.82) is 0 Å². The van der Waals surface area contributed by atoms with Crippen LogP contribution in [0.4, 0.5) is 0 Å². The van der Waals surface area contributed by atoms with Crippen LogP contribution in [0.1, 0.15) is 40.0 Å². The van der Waals surface area contributed by atoms with E-state index in [2.05, 4.69) is 4.90 Å². The van der Waals surface area contributed by atoms with Crippen LogP contribution in [0.25, 0.3) is 0 Å². The second kappa shape index (κ2) is 11.3. The maximum Gasteiger partial charge on any atom is 0.338 e. The zero-order valence-corrected chi connectivity index (χ0v) is 19.4. The molecule has 12 heteroatoms. The minimum absolute atomic E-state index is 0.113. The molecule has 3 aliphatic heterocycles. The largest absolute Gasteiger partial charge is 0.479 e. The number of rotatable bonds is 3. The first-order valence-electron chi connectivity index (χ1n) is 11.1. The summed E-state index contributed by atoms with van der Waals surface area (Å²) in [5.41, 5.74) is -1.12. The summed E-state index contributed by atoms with van der Waals surface area (Å²) in [6.45, 7) is 7.11. The second-order valence-electron chi connectivity index (χ2n) is 9.04. The van der Waals surface area contributed by atoms with Gasteiger partial charge in [-0.25, -0.2) is 19.2 Å². The number of nitrogens with zero attached hydrogens (tertiary/aromatic N) is 1. The fourth-order valence-corrected chi connectivity index (χ4v) is 4.38. The predicted octanol–water partition coefficient (Wildman–Crippen LogP) is -0.850. The molecule has 0 aromatic heterocycles. The van der Waals surface area contributed by atoms with E-state index in [1.54, 1.807) is 19.9 Å². The van der Waals surface area contributed by atoms with Gasteiger partial charge in [-0.2, -0.15) is 0 Å². The summed E-state index contributed by atoms with van der Waals surface area (Å²) in [6.07, 6.45) is -0.943. The second-order valence-corrected chi connectivity index (χ2v) is 9.04. The van der Waals surface area contributed by atoms with Gasteiger partial charge in [0.25, 0.3) is 0 Å². The van der Waals surface area contributed by atoms with Crippen molar-refractivity contribution in [3.63, 3.8) is 0 Å². The zero-order valence-electron chi connectivity index (χ0n) is 19.4. The standard InChI is InChI=1S/C18H27NO5.C4H6O6/c1-4-12-9-11(2)18(3,22)17(21)23-10-13-5-7-19-8-6-14(15(13)19)24-16(12)20;5-1(3(7)8)2(6)4(9)10/h4,11,13-15,22H,5-10H2,1-3H3;1-2,5-6H,(H,7,8)(H,9,10). The first kappa shape index (κ1) is 27.7. The summed E-state index contributed by atoms with van der Waals surface area (Å²) in [5.74, 6) is -4.76. The molecular weight excluding hydrogens is 454 g/mol. The molecule has 3 rings (SSSR count). The Morgan fingerprint density at radius 3 is 2.21 bits per heavy atom. The van der Waals surface area contributed by atoms with Gasteiger partial charge in [-0.1, -0.05) is 13.0 Å². The molecule has 0 saturated carbocycles. The molecule has 5 N–H and O–H groups in total. The van der Waals surface area contributed by atoms with Gasteiger partial charge >= 0.3 is 23.9 Å². The molecule has 0 spiro atoms. The molecule has 192 valence electrons. The highest BCUT2D eigenvalue weighted by Gasteiger charge is 2.48. The van der Waals surface area contributed by atoms with E-state index in [9.17, 15) is 24.3 Å². The minimum atomic E-state index is -2.27. The number of carbonyl (C=O) groups is 4. The molecule has 0 radical (unpaired) electrons. The van der Waals surface area contributed by atoms with E-state index in [-0.39, 0.29) is 37.1 Å². The van der Waals surface area contributed by atoms with E-state index in [1.165, 1.54) is 6.92 Å². The number of ether oxygens (including phenoxy) is 2. The van der Waals surface area contributed by atoms with Crippen LogP contribution in [0.5, 0.6) is 0 Å². The Morgan fingerprint density at radius 2 is 1.68 bits per heavy atom. The van der Waals surface area contributed by atoms with Crippen LogP contribution in [0, 0.1) is 11.8 Å². The Hall–Kier alpha value is -2.54. The van der Waals surface area contributed by atoms with Gasteiger partial charge in [0.2, 0.25) is 0 Å². The van der Waals surface area contributed by atoms with Crippen LogP contribution in [0.15, 0.2) is 11.6 Å². The van der Waals surface area contributed by atoms with Crippen LogP contribution in [-0.4, -0.2) is 104 Å². The number of esters is 2. The SMILES string of the molecule is CC=C1CC(C)C(C)(O)C(=O)OCC2CCN3CCC(OC1=O)C23.O=C(O)C(O)C(O)C(=O)O. The monoisotopic (exact) mass is 487 g/mol. The van der Waals surface area contributed by atoms with E-state index in [0.29, 0.717) is 5.57 Å². The van der Waals surface area contributed by atoms with Gasteiger partial charge in [0.1, 0.15) is 6.10 Å². The van der Waals surface area contributed by atoms with Crippen molar-refractivity contribution in [2.45, 2.75) is 70.0 Å². The third-order valence-corrected chi connectivity index (χ3v) is 6.78. The molecule has 0 aromatic rings. The molecule has 3 aliphatic rings. The summed E-state index contributed by atoms with van der Waals surface area (Å²) in [5, 5.41) is 43.1. The van der Waals surface area contributed by atoms with Crippen molar-refractivity contribution in [1.82, 2.24) is 4.90 Å². The number of hydrogen-bond acceptors (Lipinski definition) is 10. The summed E-state index contributed by atoms with van der Waals surface area (Å²) in [6, 6.07) is 0.113. The number of aliphatic hydroxyl groups is 3. The molecule has 0 aliphatic carbocycles. The fourth-order valence-electron chi connectivity index (χ4n) is 4.38. The molecule has 3 heterocycles. The maximum absolute atomic E-state index is 12.6. The highest BCUT2D eigenvalue weighted by Crippen LogP contribution is 2.36. The molecule has 0 aromatic carbocycles. The Bertz CT molecular complexity index is 806. The molecule has 3 saturated heterocycles. The van der Waals surface area contributed by atoms with Gasteiger partial charge in [0.15, 0.2) is 17.8 Å². The Kier molecular flexibility index (Phi) is 9.17. The predicted molar refractivity (Wildman–Crippen MR) is 114 cm³/mol. The van der Waals surface area contributed by atoms with E-state index in [0.717, 1.165) is 25.9 Å². The Morgan fingerprint density at radius 1 is 1.12 bits per heavy atom. The van der Waals surface area contributed by atoms with Crippen molar-refractivity contribution < 1.29 is 54.2 Å². The number of aliphatic carboxylic acids is 2. The normalized spacial score (nSPS) is 34.9. The fraction of sp³-hybridized carbons (Fsp3) is 0.727. The highest BCUT2D eigenvalue weighted by atomic mass is 16.6. The summed E-state index contributed by atoms with van der Waals surface area (Å²) >= 11 is 0. The van der Waals surface area contributed by atoms with E-state index in [4.69, 9.17) is 29.9 Å². The average molecular weight is 488 g/mol. The molecule has 7 unspecified atom stereocenters. The number of hydrogen-bond donors (Lipinski definition) is 5. The van der Waals surface area contributed by atoms with Crippen LogP contribution < -0.4 is 0 Å². The Labute approximate surface area is 196 Å². The average Bonchev–Trinajstić information content (AvgIpc) is 3.36. The van der Waals surface area contributed by atoms with Gasteiger partial charge in [0, 0.05) is 18.0 Å². The van der Waals surface area contributed by atoms with Gasteiger partial charge < -0.3 is 35.0 Å². The number of aliphatic hydroxyl groups excluding tert-OH is 2. The lowest BCUT2D eigenvalue weighted by atomic mass is 9.85. The third kappa shape index (κ3) is 6.12. The van der Waals surface area contributed by atoms with E-state index >= 15 is 0 Å². The lowest BCUT2D eigenvalue weighted by molar-refractivity contribution is -0.172.